The van der Waals surface area contributed by atoms with E-state index in [1.807, 2.05) is 18.2 Å². The quantitative estimate of drug-likeness (QED) is 0.363. The van der Waals surface area contributed by atoms with Crippen molar-refractivity contribution >= 4 is 35.1 Å². The zero-order valence-corrected chi connectivity index (χ0v) is 21.4. The van der Waals surface area contributed by atoms with Crippen LogP contribution in [0.1, 0.15) is 34.7 Å². The molecule has 2 saturated carbocycles. The van der Waals surface area contributed by atoms with E-state index in [4.69, 9.17) is 9.47 Å². The Bertz CT molecular complexity index is 1440. The number of nitrogens with zero attached hydrogens (tertiary/aromatic N) is 1. The van der Waals surface area contributed by atoms with Crippen molar-refractivity contribution in [2.24, 2.45) is 23.7 Å². The number of nitrogens with one attached hydrogen (secondary N) is 1. The number of hydrogen-bond donors (Lipinski definition) is 1. The van der Waals surface area contributed by atoms with Gasteiger partial charge in [-0.3, -0.25) is 19.3 Å². The van der Waals surface area contributed by atoms with Gasteiger partial charge in [-0.15, -0.1) is 0 Å². The van der Waals surface area contributed by atoms with E-state index < -0.39 is 18.5 Å². The maximum Gasteiger partial charge on any atom is 0.338 e. The summed E-state index contributed by atoms with van der Waals surface area (Å²) in [7, 11) is 1.53. The van der Waals surface area contributed by atoms with Crippen LogP contribution in [-0.4, -0.2) is 37.4 Å². The Labute approximate surface area is 225 Å². The molecular weight excluding hydrogens is 496 g/mol. The largest absolute Gasteiger partial charge is 0.497 e. The van der Waals surface area contributed by atoms with Crippen LogP contribution in [0.3, 0.4) is 0 Å². The first-order valence-electron chi connectivity index (χ1n) is 13.1. The van der Waals surface area contributed by atoms with Crippen molar-refractivity contribution in [1.29, 1.82) is 0 Å². The van der Waals surface area contributed by atoms with Gasteiger partial charge in [0.25, 0.3) is 5.91 Å². The van der Waals surface area contributed by atoms with E-state index in [9.17, 15) is 19.2 Å². The van der Waals surface area contributed by atoms with E-state index in [0.717, 1.165) is 12.8 Å². The van der Waals surface area contributed by atoms with Crippen LogP contribution in [0.25, 0.3) is 0 Å². The highest BCUT2D eigenvalue weighted by atomic mass is 16.5. The topological polar surface area (TPSA) is 102 Å². The molecule has 1 N–H and O–H groups in total. The smallest absolute Gasteiger partial charge is 0.338 e. The maximum atomic E-state index is 13.5. The molecule has 0 unspecified atom stereocenters. The van der Waals surface area contributed by atoms with Gasteiger partial charge < -0.3 is 14.8 Å². The fourth-order valence-electron chi connectivity index (χ4n) is 6.66. The Morgan fingerprint density at radius 3 is 2.38 bits per heavy atom. The molecular formula is C31H28N2O6. The number of esters is 1. The molecule has 6 rings (SSSR count). The van der Waals surface area contributed by atoms with Crippen molar-refractivity contribution in [2.45, 2.75) is 18.8 Å². The van der Waals surface area contributed by atoms with Crippen LogP contribution in [-0.2, 0) is 19.1 Å². The summed E-state index contributed by atoms with van der Waals surface area (Å²) in [6.07, 6.45) is 1.84. The number of anilines is 2. The molecule has 2 bridgehead atoms. The second kappa shape index (κ2) is 10.0. The molecule has 3 aromatic carbocycles. The number of fused-ring (bicyclic) bond motifs is 5. The van der Waals surface area contributed by atoms with Crippen LogP contribution in [0, 0.1) is 23.7 Å². The Hall–Kier alpha value is -4.46. The van der Waals surface area contributed by atoms with Crippen molar-refractivity contribution in [3.05, 3.63) is 90.0 Å². The molecule has 8 nitrogen and oxygen atoms in total. The molecule has 1 saturated heterocycles. The lowest BCUT2D eigenvalue weighted by molar-refractivity contribution is -0.123. The van der Waals surface area contributed by atoms with Crippen LogP contribution in [0.4, 0.5) is 11.4 Å². The molecule has 8 heteroatoms. The van der Waals surface area contributed by atoms with Crippen molar-refractivity contribution in [3.63, 3.8) is 0 Å². The zero-order chi connectivity index (χ0) is 27.1. The molecule has 0 aromatic heterocycles. The summed E-state index contributed by atoms with van der Waals surface area (Å²) in [5.41, 5.74) is 2.42. The first-order valence-corrected chi connectivity index (χ1v) is 13.1. The van der Waals surface area contributed by atoms with Crippen LogP contribution in [0.2, 0.25) is 0 Å². The lowest BCUT2D eigenvalue weighted by Gasteiger charge is -2.28. The Morgan fingerprint density at radius 2 is 1.64 bits per heavy atom. The summed E-state index contributed by atoms with van der Waals surface area (Å²) in [6.45, 7) is -0.463. The van der Waals surface area contributed by atoms with Gasteiger partial charge in [-0.2, -0.15) is 0 Å². The summed E-state index contributed by atoms with van der Waals surface area (Å²) in [6, 6.07) is 23.3. The highest BCUT2D eigenvalue weighted by Gasteiger charge is 2.64. The maximum absolute atomic E-state index is 13.5. The summed E-state index contributed by atoms with van der Waals surface area (Å²) in [5.74, 6) is -0.760. The van der Waals surface area contributed by atoms with Gasteiger partial charge in [0.05, 0.1) is 30.2 Å². The third-order valence-electron chi connectivity index (χ3n) is 8.29. The van der Waals surface area contributed by atoms with Crippen LogP contribution in [0.15, 0.2) is 78.9 Å². The second-order valence-corrected chi connectivity index (χ2v) is 10.4. The van der Waals surface area contributed by atoms with E-state index in [1.165, 1.54) is 29.7 Å². The van der Waals surface area contributed by atoms with Crippen molar-refractivity contribution < 1.29 is 28.7 Å². The fraction of sp³-hybridized carbons (Fsp3) is 0.290. The Balaban J connectivity index is 1.09. The predicted molar refractivity (Wildman–Crippen MR) is 143 cm³/mol. The van der Waals surface area contributed by atoms with Gasteiger partial charge in [0.1, 0.15) is 5.75 Å². The van der Waals surface area contributed by atoms with Crippen LogP contribution in [0.5, 0.6) is 5.75 Å². The SMILES string of the molecule is COc1cccc(NC(=O)COC(=O)c2ccc(N3C(=O)[C@@H]4[C@@H]5C[C@@H]([C@H]4C3=O)[C@@H](c3ccccc3)C5)cc2)c1. The molecule has 3 amide bonds. The number of ether oxygens (including phenoxy) is 2. The lowest BCUT2D eigenvalue weighted by atomic mass is 9.73. The Morgan fingerprint density at radius 1 is 0.897 bits per heavy atom. The third-order valence-corrected chi connectivity index (χ3v) is 8.29. The van der Waals surface area contributed by atoms with Gasteiger partial charge in [-0.1, -0.05) is 36.4 Å². The van der Waals surface area contributed by atoms with E-state index in [2.05, 4.69) is 17.4 Å². The minimum Gasteiger partial charge on any atom is -0.497 e. The molecule has 0 radical (unpaired) electrons. The molecule has 39 heavy (non-hydrogen) atoms. The Kier molecular flexibility index (Phi) is 6.38. The summed E-state index contributed by atoms with van der Waals surface area (Å²) in [4.78, 5) is 52.9. The van der Waals surface area contributed by atoms with Crippen molar-refractivity contribution in [1.82, 2.24) is 0 Å². The number of benzene rings is 3. The minimum absolute atomic E-state index is 0.145. The number of imide groups is 1. The first-order chi connectivity index (χ1) is 18.9. The van der Waals surface area contributed by atoms with Gasteiger partial charge in [-0.05, 0) is 72.6 Å². The molecule has 1 heterocycles. The molecule has 5 atom stereocenters. The molecule has 1 aliphatic heterocycles. The standard InChI is InChI=1S/C31H28N2O6/c1-38-23-9-5-8-21(16-23)32-26(34)17-39-31(37)19-10-12-22(13-11-19)33-29(35)27-20-14-24(18-6-3-2-4-7-18)25(15-20)28(27)30(33)36/h2-13,16,20,24-25,27-28H,14-15,17H2,1H3,(H,32,34)/t20-,24+,25+,27+,28+/m0/s1. The minimum atomic E-state index is -0.679. The highest BCUT2D eigenvalue weighted by molar-refractivity contribution is 6.22. The third kappa shape index (κ3) is 4.46. The lowest BCUT2D eigenvalue weighted by Crippen LogP contribution is -2.33. The summed E-state index contributed by atoms with van der Waals surface area (Å²) < 4.78 is 10.3. The molecule has 3 aromatic rings. The average molecular weight is 525 g/mol. The van der Waals surface area contributed by atoms with Gasteiger partial charge in [0.15, 0.2) is 6.61 Å². The fourth-order valence-corrected chi connectivity index (χ4v) is 6.66. The van der Waals surface area contributed by atoms with E-state index >= 15 is 0 Å². The number of carbonyl (C=O) groups is 4. The van der Waals surface area contributed by atoms with Gasteiger partial charge in [0.2, 0.25) is 11.8 Å². The van der Waals surface area contributed by atoms with Gasteiger partial charge in [0, 0.05) is 11.8 Å². The van der Waals surface area contributed by atoms with E-state index in [-0.39, 0.29) is 41.0 Å². The number of rotatable bonds is 7. The van der Waals surface area contributed by atoms with Crippen molar-refractivity contribution in [2.75, 3.05) is 23.9 Å². The summed E-state index contributed by atoms with van der Waals surface area (Å²) >= 11 is 0. The zero-order valence-electron chi connectivity index (χ0n) is 21.4. The molecule has 3 fully saturated rings. The number of methoxy groups -OCH3 is 1. The average Bonchev–Trinajstić information content (AvgIpc) is 3.63. The molecule has 3 aliphatic rings. The van der Waals surface area contributed by atoms with Crippen LogP contribution < -0.4 is 15.0 Å². The molecule has 0 spiro atoms. The second-order valence-electron chi connectivity index (χ2n) is 10.4. The number of amides is 3. The van der Waals surface area contributed by atoms with E-state index in [0.29, 0.717) is 23.0 Å². The number of hydrogen-bond acceptors (Lipinski definition) is 6. The highest BCUT2D eigenvalue weighted by Crippen LogP contribution is 2.61. The number of carbonyl (C=O) groups excluding carboxylic acids is 4. The van der Waals surface area contributed by atoms with Gasteiger partial charge in [-0.25, -0.2) is 4.79 Å². The van der Waals surface area contributed by atoms with Crippen LogP contribution >= 0.6 is 0 Å². The van der Waals surface area contributed by atoms with E-state index in [1.54, 1.807) is 36.4 Å². The summed E-state index contributed by atoms with van der Waals surface area (Å²) in [5, 5.41) is 2.65. The van der Waals surface area contributed by atoms with Crippen molar-refractivity contribution in [3.8, 4) is 5.75 Å². The normalized spacial score (nSPS) is 24.9. The molecule has 2 aliphatic carbocycles. The van der Waals surface area contributed by atoms with Gasteiger partial charge >= 0.3 is 5.97 Å². The predicted octanol–water partition coefficient (Wildman–Crippen LogP) is 4.42. The first kappa shape index (κ1) is 24.9. The molecule has 198 valence electrons. The monoisotopic (exact) mass is 524 g/mol.